The molecule has 1 aromatic heterocycles. The Morgan fingerprint density at radius 2 is 1.96 bits per heavy atom. The van der Waals surface area contributed by atoms with E-state index < -0.39 is 9.84 Å². The van der Waals surface area contributed by atoms with Crippen molar-refractivity contribution in [2.75, 3.05) is 24.6 Å². The van der Waals surface area contributed by atoms with Crippen molar-refractivity contribution in [1.29, 1.82) is 0 Å². The van der Waals surface area contributed by atoms with Gasteiger partial charge in [0.2, 0.25) is 0 Å². The highest BCUT2D eigenvalue weighted by Crippen LogP contribution is 2.18. The van der Waals surface area contributed by atoms with Crippen LogP contribution in [0.2, 0.25) is 0 Å². The lowest BCUT2D eigenvalue weighted by Crippen LogP contribution is -2.39. The molecular weight excluding hydrogens is 314 g/mol. The molecule has 6 nitrogen and oxygen atoms in total. The van der Waals surface area contributed by atoms with Crippen LogP contribution in [-0.2, 0) is 23.0 Å². The van der Waals surface area contributed by atoms with Gasteiger partial charge in [-0.2, -0.15) is 0 Å². The van der Waals surface area contributed by atoms with Crippen LogP contribution < -0.4 is 0 Å². The van der Waals surface area contributed by atoms with Crippen LogP contribution in [0, 0.1) is 0 Å². The Bertz CT molecular complexity index is 779. The van der Waals surface area contributed by atoms with E-state index in [1.54, 1.807) is 12.3 Å². The standard InChI is InChI=1S/C16H19N3O3S/c20-12-15-4-5-17-16(18-15)14-3-1-2-13(10-14)11-19-6-8-23(21,22)9-7-19/h1-5,10,20H,6-9,11-12H2. The Labute approximate surface area is 135 Å². The first-order valence-electron chi connectivity index (χ1n) is 7.51. The molecule has 7 heteroatoms. The SMILES string of the molecule is O=S1(=O)CCN(Cc2cccc(-c3nccc(CO)n3)c2)CC1. The number of hydrogen-bond donors (Lipinski definition) is 1. The van der Waals surface area contributed by atoms with E-state index >= 15 is 0 Å². The van der Waals surface area contributed by atoms with Crippen LogP contribution in [0.4, 0.5) is 0 Å². The maximum Gasteiger partial charge on any atom is 0.159 e. The highest BCUT2D eigenvalue weighted by atomic mass is 32.2. The number of aromatic nitrogens is 2. The van der Waals surface area contributed by atoms with E-state index in [0.717, 1.165) is 11.1 Å². The summed E-state index contributed by atoms with van der Waals surface area (Å²) in [7, 11) is -2.85. The van der Waals surface area contributed by atoms with Crippen molar-refractivity contribution in [1.82, 2.24) is 14.9 Å². The van der Waals surface area contributed by atoms with Gasteiger partial charge in [-0.3, -0.25) is 4.90 Å². The molecule has 0 aliphatic carbocycles. The fourth-order valence-corrected chi connectivity index (χ4v) is 3.88. The summed E-state index contributed by atoms with van der Waals surface area (Å²) in [6.45, 7) is 1.74. The predicted octanol–water partition coefficient (Wildman–Crippen LogP) is 0.866. The van der Waals surface area contributed by atoms with Gasteiger partial charge in [-0.05, 0) is 17.7 Å². The normalized spacial score (nSPS) is 18.0. The van der Waals surface area contributed by atoms with Crippen LogP contribution in [-0.4, -0.2) is 53.0 Å². The minimum Gasteiger partial charge on any atom is -0.390 e. The number of sulfone groups is 1. The van der Waals surface area contributed by atoms with E-state index in [9.17, 15) is 13.5 Å². The van der Waals surface area contributed by atoms with Crippen molar-refractivity contribution in [2.45, 2.75) is 13.2 Å². The van der Waals surface area contributed by atoms with Crippen LogP contribution in [0.5, 0.6) is 0 Å². The topological polar surface area (TPSA) is 83.4 Å². The fourth-order valence-electron chi connectivity index (χ4n) is 2.60. The van der Waals surface area contributed by atoms with Gasteiger partial charge >= 0.3 is 0 Å². The van der Waals surface area contributed by atoms with E-state index in [0.29, 0.717) is 31.2 Å². The third kappa shape index (κ3) is 4.13. The molecule has 1 aromatic carbocycles. The molecule has 122 valence electrons. The van der Waals surface area contributed by atoms with E-state index in [1.807, 2.05) is 24.3 Å². The third-order valence-corrected chi connectivity index (χ3v) is 5.51. The van der Waals surface area contributed by atoms with Gasteiger partial charge in [0.15, 0.2) is 15.7 Å². The number of benzene rings is 1. The second-order valence-corrected chi connectivity index (χ2v) is 7.96. The van der Waals surface area contributed by atoms with Crippen molar-refractivity contribution < 1.29 is 13.5 Å². The molecule has 1 aliphatic rings. The van der Waals surface area contributed by atoms with Gasteiger partial charge < -0.3 is 5.11 Å². The maximum absolute atomic E-state index is 11.5. The highest BCUT2D eigenvalue weighted by molar-refractivity contribution is 7.91. The smallest absolute Gasteiger partial charge is 0.159 e. The zero-order chi connectivity index (χ0) is 16.3. The third-order valence-electron chi connectivity index (χ3n) is 3.90. The van der Waals surface area contributed by atoms with Crippen molar-refractivity contribution in [3.8, 4) is 11.4 Å². The molecule has 0 saturated carbocycles. The van der Waals surface area contributed by atoms with E-state index in [1.165, 1.54) is 0 Å². The summed E-state index contributed by atoms with van der Waals surface area (Å²) in [6.07, 6.45) is 1.63. The number of hydrogen-bond acceptors (Lipinski definition) is 6. The summed E-state index contributed by atoms with van der Waals surface area (Å²) in [6, 6.07) is 9.59. The van der Waals surface area contributed by atoms with Gasteiger partial charge in [0.25, 0.3) is 0 Å². The molecule has 1 fully saturated rings. The number of aliphatic hydroxyl groups excluding tert-OH is 1. The van der Waals surface area contributed by atoms with Gasteiger partial charge in [0.05, 0.1) is 23.8 Å². The second kappa shape index (κ2) is 6.74. The number of aliphatic hydroxyl groups is 1. The molecule has 0 radical (unpaired) electrons. The first kappa shape index (κ1) is 16.0. The minimum atomic E-state index is -2.85. The molecule has 1 aliphatic heterocycles. The number of nitrogens with zero attached hydrogens (tertiary/aromatic N) is 3. The summed E-state index contributed by atoms with van der Waals surface area (Å²) in [5, 5.41) is 9.18. The van der Waals surface area contributed by atoms with Crippen LogP contribution >= 0.6 is 0 Å². The summed E-state index contributed by atoms with van der Waals surface area (Å²) >= 11 is 0. The van der Waals surface area contributed by atoms with Gasteiger partial charge in [-0.25, -0.2) is 18.4 Å². The van der Waals surface area contributed by atoms with E-state index in [2.05, 4.69) is 14.9 Å². The Hall–Kier alpha value is -1.83. The van der Waals surface area contributed by atoms with Gasteiger partial charge in [-0.1, -0.05) is 18.2 Å². The van der Waals surface area contributed by atoms with E-state index in [4.69, 9.17) is 0 Å². The summed E-state index contributed by atoms with van der Waals surface area (Å²) in [4.78, 5) is 10.7. The molecule has 0 unspecified atom stereocenters. The van der Waals surface area contributed by atoms with E-state index in [-0.39, 0.29) is 18.1 Å². The highest BCUT2D eigenvalue weighted by Gasteiger charge is 2.21. The quantitative estimate of drug-likeness (QED) is 0.894. The molecule has 0 atom stereocenters. The molecule has 1 N–H and O–H groups in total. The van der Waals surface area contributed by atoms with Crippen molar-refractivity contribution in [3.63, 3.8) is 0 Å². The van der Waals surface area contributed by atoms with Gasteiger partial charge in [0.1, 0.15) is 0 Å². The molecule has 2 aromatic rings. The maximum atomic E-state index is 11.5. The first-order valence-corrected chi connectivity index (χ1v) is 9.33. The zero-order valence-electron chi connectivity index (χ0n) is 12.7. The largest absolute Gasteiger partial charge is 0.390 e. The van der Waals surface area contributed by atoms with Gasteiger partial charge in [0, 0.05) is 31.4 Å². The minimum absolute atomic E-state index is 0.114. The van der Waals surface area contributed by atoms with Crippen LogP contribution in [0.25, 0.3) is 11.4 Å². The Kier molecular flexibility index (Phi) is 4.70. The molecule has 2 heterocycles. The van der Waals surface area contributed by atoms with Crippen LogP contribution in [0.1, 0.15) is 11.3 Å². The fraction of sp³-hybridized carbons (Fsp3) is 0.375. The Balaban J connectivity index is 1.75. The van der Waals surface area contributed by atoms with Crippen LogP contribution in [0.3, 0.4) is 0 Å². The molecule has 0 bridgehead atoms. The first-order chi connectivity index (χ1) is 11.1. The lowest BCUT2D eigenvalue weighted by atomic mass is 10.1. The average molecular weight is 333 g/mol. The zero-order valence-corrected chi connectivity index (χ0v) is 13.5. The molecule has 0 spiro atoms. The lowest BCUT2D eigenvalue weighted by molar-refractivity contribution is 0.277. The van der Waals surface area contributed by atoms with Gasteiger partial charge in [-0.15, -0.1) is 0 Å². The Morgan fingerprint density at radius 1 is 1.17 bits per heavy atom. The van der Waals surface area contributed by atoms with Crippen LogP contribution in [0.15, 0.2) is 36.5 Å². The molecular formula is C16H19N3O3S. The monoisotopic (exact) mass is 333 g/mol. The molecule has 0 amide bonds. The van der Waals surface area contributed by atoms with Crippen molar-refractivity contribution >= 4 is 9.84 Å². The average Bonchev–Trinajstić information content (AvgIpc) is 2.57. The summed E-state index contributed by atoms with van der Waals surface area (Å²) in [5.74, 6) is 1.04. The number of rotatable bonds is 4. The van der Waals surface area contributed by atoms with Crippen molar-refractivity contribution in [2.24, 2.45) is 0 Å². The molecule has 3 rings (SSSR count). The predicted molar refractivity (Wildman–Crippen MR) is 87.3 cm³/mol. The second-order valence-electron chi connectivity index (χ2n) is 5.66. The van der Waals surface area contributed by atoms with Crippen molar-refractivity contribution in [3.05, 3.63) is 47.8 Å². The molecule has 23 heavy (non-hydrogen) atoms. The summed E-state index contributed by atoms with van der Waals surface area (Å²) < 4.78 is 23.0. The summed E-state index contributed by atoms with van der Waals surface area (Å²) in [5.41, 5.74) is 2.57. The Morgan fingerprint density at radius 3 is 2.70 bits per heavy atom. The lowest BCUT2D eigenvalue weighted by Gasteiger charge is -2.26. The molecule has 1 saturated heterocycles.